The number of rotatable bonds is 6. The Balaban J connectivity index is 0.994. The van der Waals surface area contributed by atoms with Crippen LogP contribution in [0, 0.1) is 0 Å². The molecule has 1 heteroatoms. The lowest BCUT2D eigenvalue weighted by atomic mass is 9.90. The van der Waals surface area contributed by atoms with Gasteiger partial charge >= 0.3 is 0 Å². The van der Waals surface area contributed by atoms with Crippen LogP contribution < -0.4 is 0 Å². The predicted octanol–water partition coefficient (Wildman–Crippen LogP) is 15.1. The van der Waals surface area contributed by atoms with E-state index in [0.717, 1.165) is 22.2 Å². The molecule has 0 saturated carbocycles. The van der Waals surface area contributed by atoms with Gasteiger partial charge in [0, 0.05) is 10.9 Å². The zero-order valence-electron chi connectivity index (χ0n) is 30.7. The summed E-state index contributed by atoms with van der Waals surface area (Å²) in [7, 11) is 0. The highest BCUT2D eigenvalue weighted by Crippen LogP contribution is 2.40. The molecule has 1 aromatic heterocycles. The summed E-state index contributed by atoms with van der Waals surface area (Å²) >= 11 is 0. The highest BCUT2D eigenvalue weighted by molar-refractivity contribution is 6.23. The number of nitrogens with zero attached hydrogens (tertiary/aromatic N) is 1. The van der Waals surface area contributed by atoms with Gasteiger partial charge in [0.15, 0.2) is 0 Å². The van der Waals surface area contributed by atoms with Gasteiger partial charge in [-0.3, -0.25) is 0 Å². The van der Waals surface area contributed by atoms with E-state index in [9.17, 15) is 0 Å². The largest absolute Gasteiger partial charge is 0.248 e. The van der Waals surface area contributed by atoms with Crippen molar-refractivity contribution >= 4 is 43.2 Å². The summed E-state index contributed by atoms with van der Waals surface area (Å²) in [6, 6.07) is 77.1. The van der Waals surface area contributed by atoms with Crippen molar-refractivity contribution in [3.8, 4) is 66.9 Å². The average molecular weight is 710 g/mol. The van der Waals surface area contributed by atoms with Gasteiger partial charge in [0.05, 0.1) is 11.2 Å². The Labute approximate surface area is 326 Å². The zero-order valence-corrected chi connectivity index (χ0v) is 30.7. The van der Waals surface area contributed by atoms with Crippen LogP contribution in [0.1, 0.15) is 0 Å². The molecule has 0 atom stereocenters. The van der Waals surface area contributed by atoms with Gasteiger partial charge < -0.3 is 0 Å². The summed E-state index contributed by atoms with van der Waals surface area (Å²) in [6.45, 7) is 0. The Kier molecular flexibility index (Phi) is 7.57. The van der Waals surface area contributed by atoms with Crippen LogP contribution >= 0.6 is 0 Å². The van der Waals surface area contributed by atoms with Crippen molar-refractivity contribution in [3.05, 3.63) is 212 Å². The van der Waals surface area contributed by atoms with Crippen LogP contribution in [0.5, 0.6) is 0 Å². The lowest BCUT2D eigenvalue weighted by Crippen LogP contribution is -1.92. The first kappa shape index (κ1) is 32.1. The number of hydrogen-bond donors (Lipinski definition) is 0. The van der Waals surface area contributed by atoms with Gasteiger partial charge in [-0.15, -0.1) is 0 Å². The number of benzene rings is 10. The van der Waals surface area contributed by atoms with Crippen molar-refractivity contribution in [2.24, 2.45) is 0 Å². The van der Waals surface area contributed by atoms with Gasteiger partial charge in [-0.05, 0) is 136 Å². The van der Waals surface area contributed by atoms with Gasteiger partial charge in [0.25, 0.3) is 0 Å². The van der Waals surface area contributed by atoms with Crippen LogP contribution in [-0.4, -0.2) is 4.98 Å². The Bertz CT molecular complexity index is 3170. The molecule has 0 unspecified atom stereocenters. The minimum atomic E-state index is 0.960. The van der Waals surface area contributed by atoms with E-state index in [1.165, 1.54) is 88.0 Å². The summed E-state index contributed by atoms with van der Waals surface area (Å²) in [5.74, 6) is 0. The maximum Gasteiger partial charge on any atom is 0.0716 e. The standard InChI is InChI=1S/C55H35N/c1-3-11-36(12-4-1)40-17-8-18-41(29-40)43-20-10-22-46(31-43)53-35-50(37-13-5-2-6-14-37)51-34-45(27-28-52(51)56-53)42-19-9-21-44(30-42)49-32-47-25-23-38-15-7-16-39-24-26-48(33-49)55(47)54(38)39/h1-35H. The number of aromatic nitrogens is 1. The summed E-state index contributed by atoms with van der Waals surface area (Å²) in [5, 5.41) is 8.98. The molecule has 0 aliphatic carbocycles. The molecule has 0 aliphatic rings. The number of pyridine rings is 1. The van der Waals surface area contributed by atoms with Gasteiger partial charge in [0.1, 0.15) is 0 Å². The molecule has 260 valence electrons. The van der Waals surface area contributed by atoms with Crippen molar-refractivity contribution in [1.29, 1.82) is 0 Å². The van der Waals surface area contributed by atoms with Crippen LogP contribution in [0.2, 0.25) is 0 Å². The maximum atomic E-state index is 5.30. The van der Waals surface area contributed by atoms with Gasteiger partial charge in [-0.1, -0.05) is 164 Å². The molecule has 0 N–H and O–H groups in total. The van der Waals surface area contributed by atoms with E-state index in [1.807, 2.05) is 0 Å². The summed E-state index contributed by atoms with van der Waals surface area (Å²) in [4.78, 5) is 5.30. The Morgan fingerprint density at radius 1 is 0.250 bits per heavy atom. The van der Waals surface area contributed by atoms with Crippen molar-refractivity contribution in [2.75, 3.05) is 0 Å². The Hall–Kier alpha value is -7.35. The maximum absolute atomic E-state index is 5.30. The highest BCUT2D eigenvalue weighted by atomic mass is 14.7. The second-order valence-electron chi connectivity index (χ2n) is 14.8. The van der Waals surface area contributed by atoms with Gasteiger partial charge in [-0.25, -0.2) is 4.98 Å². The first-order chi connectivity index (χ1) is 27.7. The highest BCUT2D eigenvalue weighted by Gasteiger charge is 2.14. The van der Waals surface area contributed by atoms with E-state index >= 15 is 0 Å². The third kappa shape index (κ3) is 5.61. The molecular formula is C55H35N. The molecule has 0 spiro atoms. The average Bonchev–Trinajstić information content (AvgIpc) is 3.28. The van der Waals surface area contributed by atoms with Crippen LogP contribution in [0.15, 0.2) is 212 Å². The lowest BCUT2D eigenvalue weighted by molar-refractivity contribution is 1.40. The summed E-state index contributed by atoms with van der Waals surface area (Å²) in [6.07, 6.45) is 0. The van der Waals surface area contributed by atoms with Gasteiger partial charge in [0.2, 0.25) is 0 Å². The van der Waals surface area contributed by atoms with E-state index in [0.29, 0.717) is 0 Å². The first-order valence-corrected chi connectivity index (χ1v) is 19.3. The molecule has 56 heavy (non-hydrogen) atoms. The van der Waals surface area contributed by atoms with Gasteiger partial charge in [-0.2, -0.15) is 0 Å². The first-order valence-electron chi connectivity index (χ1n) is 19.3. The van der Waals surface area contributed by atoms with Crippen molar-refractivity contribution in [2.45, 2.75) is 0 Å². The normalized spacial score (nSPS) is 11.6. The molecule has 0 amide bonds. The lowest BCUT2D eigenvalue weighted by Gasteiger charge is -2.14. The third-order valence-corrected chi connectivity index (χ3v) is 11.3. The van der Waals surface area contributed by atoms with E-state index in [2.05, 4.69) is 212 Å². The van der Waals surface area contributed by atoms with Crippen molar-refractivity contribution in [3.63, 3.8) is 0 Å². The molecule has 0 saturated heterocycles. The fraction of sp³-hybridized carbons (Fsp3) is 0. The summed E-state index contributed by atoms with van der Waals surface area (Å²) in [5.41, 5.74) is 14.9. The van der Waals surface area contributed by atoms with Crippen LogP contribution in [0.25, 0.3) is 110 Å². The fourth-order valence-corrected chi connectivity index (χ4v) is 8.58. The molecule has 1 nitrogen and oxygen atoms in total. The molecule has 0 fully saturated rings. The zero-order chi connectivity index (χ0) is 37.0. The Morgan fingerprint density at radius 3 is 1.32 bits per heavy atom. The number of fused-ring (bicyclic) bond motifs is 1. The second-order valence-corrected chi connectivity index (χ2v) is 14.8. The van der Waals surface area contributed by atoms with Crippen molar-refractivity contribution in [1.82, 2.24) is 4.98 Å². The van der Waals surface area contributed by atoms with E-state index < -0.39 is 0 Å². The third-order valence-electron chi connectivity index (χ3n) is 11.3. The molecule has 0 bridgehead atoms. The fourth-order valence-electron chi connectivity index (χ4n) is 8.58. The second kappa shape index (κ2) is 13.2. The molecule has 11 aromatic rings. The minimum absolute atomic E-state index is 0.960. The van der Waals surface area contributed by atoms with E-state index in [-0.39, 0.29) is 0 Å². The smallest absolute Gasteiger partial charge is 0.0716 e. The quantitative estimate of drug-likeness (QED) is 0.157. The van der Waals surface area contributed by atoms with Crippen LogP contribution in [-0.2, 0) is 0 Å². The van der Waals surface area contributed by atoms with Crippen LogP contribution in [0.4, 0.5) is 0 Å². The topological polar surface area (TPSA) is 12.9 Å². The molecule has 10 aromatic carbocycles. The molecule has 1 heterocycles. The van der Waals surface area contributed by atoms with Crippen LogP contribution in [0.3, 0.4) is 0 Å². The van der Waals surface area contributed by atoms with E-state index in [4.69, 9.17) is 4.98 Å². The molecule has 0 aliphatic heterocycles. The SMILES string of the molecule is c1ccc(-c2cccc(-c3cccc(-c4cc(-c5ccccc5)c5cc(-c6cccc(-c7cc8ccc9cccc%10ccc(c7)c8c9%10)c6)ccc5n4)c3)c2)cc1. The number of hydrogen-bond acceptors (Lipinski definition) is 1. The molecule has 0 radical (unpaired) electrons. The summed E-state index contributed by atoms with van der Waals surface area (Å²) < 4.78 is 0. The van der Waals surface area contributed by atoms with E-state index in [1.54, 1.807) is 0 Å². The molecule has 11 rings (SSSR count). The minimum Gasteiger partial charge on any atom is -0.248 e. The Morgan fingerprint density at radius 2 is 0.696 bits per heavy atom. The van der Waals surface area contributed by atoms with Crippen molar-refractivity contribution < 1.29 is 0 Å². The molecular weight excluding hydrogens is 675 g/mol. The monoisotopic (exact) mass is 709 g/mol. The predicted molar refractivity (Wildman–Crippen MR) is 238 cm³/mol.